The zero-order valence-corrected chi connectivity index (χ0v) is 12.3. The fourth-order valence-corrected chi connectivity index (χ4v) is 2.30. The number of aromatic nitrogens is 2. The minimum Gasteiger partial charge on any atom is -0.360 e. The first kappa shape index (κ1) is 16.3. The minimum absolute atomic E-state index is 0.180. The van der Waals surface area contributed by atoms with Crippen LogP contribution in [-0.2, 0) is 11.0 Å². The third kappa shape index (κ3) is 4.76. The number of aryl methyl sites for hydroxylation is 1. The second-order valence-corrected chi connectivity index (χ2v) is 5.47. The summed E-state index contributed by atoms with van der Waals surface area (Å²) in [4.78, 5) is 15.3. The quantitative estimate of drug-likeness (QED) is 0.849. The van der Waals surface area contributed by atoms with Gasteiger partial charge < -0.3 is 9.84 Å². The number of hydrogen-bond donors (Lipinski definition) is 1. The van der Waals surface area contributed by atoms with Crippen LogP contribution in [0, 0.1) is 6.92 Å². The van der Waals surface area contributed by atoms with Gasteiger partial charge in [-0.3, -0.25) is 4.79 Å². The molecule has 0 spiro atoms. The van der Waals surface area contributed by atoms with Crippen molar-refractivity contribution in [1.82, 2.24) is 10.1 Å². The van der Waals surface area contributed by atoms with E-state index in [2.05, 4.69) is 15.5 Å². The number of halogens is 3. The van der Waals surface area contributed by atoms with Crippen LogP contribution in [0.1, 0.15) is 17.7 Å². The molecule has 0 unspecified atom stereocenters. The van der Waals surface area contributed by atoms with Gasteiger partial charge in [-0.15, -0.1) is 11.8 Å². The number of hydrogen-bond acceptors (Lipinski definition) is 5. The molecule has 2 heterocycles. The summed E-state index contributed by atoms with van der Waals surface area (Å²) >= 11 is 1.20. The molecule has 0 saturated heterocycles. The van der Waals surface area contributed by atoms with Crippen molar-refractivity contribution in [1.29, 1.82) is 0 Å². The van der Waals surface area contributed by atoms with Crippen LogP contribution in [0.15, 0.2) is 33.9 Å². The molecule has 0 fully saturated rings. The lowest BCUT2D eigenvalue weighted by Crippen LogP contribution is -2.12. The van der Waals surface area contributed by atoms with E-state index in [1.165, 1.54) is 17.8 Å². The summed E-state index contributed by atoms with van der Waals surface area (Å²) in [6.07, 6.45) is -3.44. The second-order valence-electron chi connectivity index (χ2n) is 4.35. The van der Waals surface area contributed by atoms with Crippen LogP contribution in [-0.4, -0.2) is 21.8 Å². The Bertz CT molecular complexity index is 641. The highest BCUT2D eigenvalue weighted by Gasteiger charge is 2.30. The normalized spacial score (nSPS) is 11.5. The lowest BCUT2D eigenvalue weighted by atomic mass is 10.3. The molecule has 2 rings (SSSR count). The molecule has 0 aliphatic rings. The molecule has 2 aromatic rings. The SMILES string of the molecule is Cc1cc(NC(=O)CCSc2ccc(C(F)(F)F)cn2)no1. The maximum Gasteiger partial charge on any atom is 0.417 e. The molecule has 0 atom stereocenters. The molecule has 0 aliphatic carbocycles. The molecule has 0 bridgehead atoms. The van der Waals surface area contributed by atoms with Crippen LogP contribution in [0.4, 0.5) is 19.0 Å². The van der Waals surface area contributed by atoms with Crippen LogP contribution >= 0.6 is 11.8 Å². The molecule has 22 heavy (non-hydrogen) atoms. The largest absolute Gasteiger partial charge is 0.417 e. The van der Waals surface area contributed by atoms with Gasteiger partial charge in [-0.25, -0.2) is 4.98 Å². The summed E-state index contributed by atoms with van der Waals surface area (Å²) < 4.78 is 41.9. The minimum atomic E-state index is -4.40. The topological polar surface area (TPSA) is 68.0 Å². The van der Waals surface area contributed by atoms with Crippen molar-refractivity contribution < 1.29 is 22.5 Å². The summed E-state index contributed by atoms with van der Waals surface area (Å²) in [6, 6.07) is 3.84. The van der Waals surface area contributed by atoms with Crippen molar-refractivity contribution in [2.24, 2.45) is 0 Å². The number of amides is 1. The van der Waals surface area contributed by atoms with Gasteiger partial charge in [-0.2, -0.15) is 13.2 Å². The van der Waals surface area contributed by atoms with Gasteiger partial charge in [0.15, 0.2) is 5.82 Å². The second kappa shape index (κ2) is 6.82. The first-order chi connectivity index (χ1) is 10.3. The number of nitrogens with zero attached hydrogens (tertiary/aromatic N) is 2. The smallest absolute Gasteiger partial charge is 0.360 e. The monoisotopic (exact) mass is 331 g/mol. The van der Waals surface area contributed by atoms with E-state index in [4.69, 9.17) is 4.52 Å². The van der Waals surface area contributed by atoms with Crippen molar-refractivity contribution >= 4 is 23.5 Å². The molecule has 0 aliphatic heterocycles. The number of rotatable bonds is 5. The molecule has 9 heteroatoms. The Morgan fingerprint density at radius 3 is 2.73 bits per heavy atom. The van der Waals surface area contributed by atoms with Gasteiger partial charge in [-0.1, -0.05) is 5.16 Å². The number of anilines is 1. The molecule has 0 aromatic carbocycles. The number of alkyl halides is 3. The van der Waals surface area contributed by atoms with Gasteiger partial charge in [0.05, 0.1) is 10.6 Å². The molecular weight excluding hydrogens is 319 g/mol. The van der Waals surface area contributed by atoms with Crippen LogP contribution < -0.4 is 5.32 Å². The average molecular weight is 331 g/mol. The Morgan fingerprint density at radius 1 is 1.41 bits per heavy atom. The van der Waals surface area contributed by atoms with E-state index >= 15 is 0 Å². The third-order valence-corrected chi connectivity index (χ3v) is 3.48. The van der Waals surface area contributed by atoms with Crippen molar-refractivity contribution in [2.45, 2.75) is 24.5 Å². The highest BCUT2D eigenvalue weighted by atomic mass is 32.2. The fraction of sp³-hybridized carbons (Fsp3) is 0.308. The summed E-state index contributed by atoms with van der Waals surface area (Å²) in [5, 5.41) is 6.60. The molecule has 1 N–H and O–H groups in total. The molecule has 118 valence electrons. The lowest BCUT2D eigenvalue weighted by Gasteiger charge is -2.06. The Balaban J connectivity index is 1.77. The number of carbonyl (C=O) groups is 1. The Kier molecular flexibility index (Phi) is 5.07. The maximum atomic E-state index is 12.4. The van der Waals surface area contributed by atoms with Gasteiger partial charge in [0.1, 0.15) is 5.76 Å². The standard InChI is InChI=1S/C13H12F3N3O2S/c1-8-6-10(19-21-8)18-11(20)4-5-22-12-3-2-9(7-17-12)13(14,15)16/h2-3,6-7H,4-5H2,1H3,(H,18,19,20). The van der Waals surface area contributed by atoms with Crippen LogP contribution in [0.2, 0.25) is 0 Å². The van der Waals surface area contributed by atoms with Gasteiger partial charge in [0.2, 0.25) is 5.91 Å². The first-order valence-electron chi connectivity index (χ1n) is 6.24. The number of carbonyl (C=O) groups excluding carboxylic acids is 1. The van der Waals surface area contributed by atoms with Gasteiger partial charge in [0, 0.05) is 24.4 Å². The summed E-state index contributed by atoms with van der Waals surface area (Å²) in [6.45, 7) is 1.70. The summed E-state index contributed by atoms with van der Waals surface area (Å²) in [5.74, 6) is 1.05. The van der Waals surface area contributed by atoms with E-state index in [0.29, 0.717) is 22.4 Å². The average Bonchev–Trinajstić information content (AvgIpc) is 2.83. The molecule has 0 saturated carbocycles. The van der Waals surface area contributed by atoms with E-state index in [0.717, 1.165) is 12.3 Å². The van der Waals surface area contributed by atoms with E-state index in [-0.39, 0.29) is 12.3 Å². The lowest BCUT2D eigenvalue weighted by molar-refractivity contribution is -0.137. The van der Waals surface area contributed by atoms with Crippen LogP contribution in [0.3, 0.4) is 0 Å². The van der Waals surface area contributed by atoms with Crippen LogP contribution in [0.5, 0.6) is 0 Å². The van der Waals surface area contributed by atoms with E-state index < -0.39 is 11.7 Å². The van der Waals surface area contributed by atoms with Gasteiger partial charge >= 0.3 is 6.18 Å². The first-order valence-corrected chi connectivity index (χ1v) is 7.22. The van der Waals surface area contributed by atoms with Crippen molar-refractivity contribution in [2.75, 3.05) is 11.1 Å². The van der Waals surface area contributed by atoms with Gasteiger partial charge in [0.25, 0.3) is 0 Å². The predicted octanol–water partition coefficient (Wildman–Crippen LogP) is 3.52. The Hall–Kier alpha value is -2.03. The third-order valence-electron chi connectivity index (χ3n) is 2.54. The van der Waals surface area contributed by atoms with Crippen molar-refractivity contribution in [3.05, 3.63) is 35.7 Å². The Morgan fingerprint density at radius 2 is 2.18 bits per heavy atom. The maximum absolute atomic E-state index is 12.4. The van der Waals surface area contributed by atoms with E-state index in [9.17, 15) is 18.0 Å². The number of thioether (sulfide) groups is 1. The predicted molar refractivity (Wildman–Crippen MR) is 74.4 cm³/mol. The zero-order valence-electron chi connectivity index (χ0n) is 11.5. The van der Waals surface area contributed by atoms with E-state index in [1.54, 1.807) is 13.0 Å². The van der Waals surface area contributed by atoms with Gasteiger partial charge in [-0.05, 0) is 19.1 Å². The van der Waals surface area contributed by atoms with E-state index in [1.807, 2.05) is 0 Å². The summed E-state index contributed by atoms with van der Waals surface area (Å²) in [5.41, 5.74) is -0.795. The fourth-order valence-electron chi connectivity index (χ4n) is 1.51. The molecule has 0 radical (unpaired) electrons. The van der Waals surface area contributed by atoms with Crippen LogP contribution in [0.25, 0.3) is 0 Å². The zero-order chi connectivity index (χ0) is 16.2. The summed E-state index contributed by atoms with van der Waals surface area (Å²) in [7, 11) is 0. The van der Waals surface area contributed by atoms with Crippen molar-refractivity contribution in [3.8, 4) is 0 Å². The number of pyridine rings is 1. The highest BCUT2D eigenvalue weighted by molar-refractivity contribution is 7.99. The molecule has 2 aromatic heterocycles. The molecule has 1 amide bonds. The number of nitrogens with one attached hydrogen (secondary N) is 1. The molecule has 5 nitrogen and oxygen atoms in total. The Labute approximate surface area is 128 Å². The van der Waals surface area contributed by atoms with Crippen molar-refractivity contribution in [3.63, 3.8) is 0 Å². The molecular formula is C13H12F3N3O2S. The highest BCUT2D eigenvalue weighted by Crippen LogP contribution is 2.29.